The van der Waals surface area contributed by atoms with Crippen molar-refractivity contribution in [3.8, 4) is 0 Å². The van der Waals surface area contributed by atoms with Crippen molar-refractivity contribution in [3.05, 3.63) is 85.0 Å². The lowest BCUT2D eigenvalue weighted by Gasteiger charge is -2.31. The van der Waals surface area contributed by atoms with Crippen molar-refractivity contribution in [1.29, 1.82) is 0 Å². The van der Waals surface area contributed by atoms with E-state index >= 15 is 0 Å². The van der Waals surface area contributed by atoms with Crippen molar-refractivity contribution in [3.63, 3.8) is 0 Å². The summed E-state index contributed by atoms with van der Waals surface area (Å²) in [7, 11) is -2.77. The first-order valence-electron chi connectivity index (χ1n) is 14.0. The van der Waals surface area contributed by atoms with E-state index < -0.39 is 8.56 Å². The van der Waals surface area contributed by atoms with E-state index in [4.69, 9.17) is 8.85 Å². The average molecular weight is 493 g/mol. The van der Waals surface area contributed by atoms with Crippen LogP contribution in [0.3, 0.4) is 0 Å². The maximum Gasteiger partial charge on any atom is 0.407 e. The second-order valence-corrected chi connectivity index (χ2v) is 12.2. The van der Waals surface area contributed by atoms with Gasteiger partial charge in [-0.1, -0.05) is 124 Å². The zero-order valence-electron chi connectivity index (χ0n) is 22.3. The first-order valence-corrected chi connectivity index (χ1v) is 15.8. The van der Waals surface area contributed by atoms with Crippen molar-refractivity contribution in [2.45, 2.75) is 90.9 Å². The summed E-state index contributed by atoms with van der Waals surface area (Å²) in [5.74, 6) is 0. The number of unbranched alkanes of at least 4 members (excludes halogenated alkanes) is 8. The van der Waals surface area contributed by atoms with E-state index in [0.29, 0.717) is 13.2 Å². The predicted octanol–water partition coefficient (Wildman–Crippen LogP) is 8.11. The number of allylic oxidation sites excluding steroid dienone is 4. The summed E-state index contributed by atoms with van der Waals surface area (Å²) in [6, 6.07) is 21.3. The van der Waals surface area contributed by atoms with Crippen LogP contribution >= 0.6 is 0 Å². The Bertz CT molecular complexity index is 731. The monoisotopic (exact) mass is 492 g/mol. The molecule has 3 heteroatoms. The molecule has 0 aliphatic heterocycles. The molecular formula is C32H48O2Si. The molecule has 0 heterocycles. The molecule has 2 rings (SSSR count). The zero-order chi connectivity index (χ0) is 24.9. The fraction of sp³-hybridized carbons (Fsp3) is 0.500. The number of rotatable bonds is 20. The van der Waals surface area contributed by atoms with E-state index in [0.717, 1.165) is 25.7 Å². The lowest BCUT2D eigenvalue weighted by Crippen LogP contribution is -2.63. The molecule has 2 nitrogen and oxygen atoms in total. The van der Waals surface area contributed by atoms with Crippen LogP contribution in [0.5, 0.6) is 0 Å². The highest BCUT2D eigenvalue weighted by molar-refractivity contribution is 6.92. The normalized spacial score (nSPS) is 12.2. The van der Waals surface area contributed by atoms with Gasteiger partial charge in [-0.15, -0.1) is 0 Å². The van der Waals surface area contributed by atoms with Gasteiger partial charge >= 0.3 is 8.56 Å². The van der Waals surface area contributed by atoms with E-state index in [1.807, 2.05) is 0 Å². The Morgan fingerprint density at radius 3 is 1.26 bits per heavy atom. The molecule has 0 saturated carbocycles. The summed E-state index contributed by atoms with van der Waals surface area (Å²) >= 11 is 0. The third-order valence-corrected chi connectivity index (χ3v) is 9.64. The minimum absolute atomic E-state index is 0.715. The van der Waals surface area contributed by atoms with E-state index in [-0.39, 0.29) is 0 Å². The Hall–Kier alpha value is -1.94. The average Bonchev–Trinajstić information content (AvgIpc) is 2.91. The smallest absolute Gasteiger partial charge is 0.388 e. The maximum atomic E-state index is 6.78. The first-order chi connectivity index (χ1) is 17.3. The van der Waals surface area contributed by atoms with Gasteiger partial charge in [0.2, 0.25) is 0 Å². The molecule has 192 valence electrons. The van der Waals surface area contributed by atoms with Crippen LogP contribution in [0.1, 0.15) is 90.9 Å². The van der Waals surface area contributed by atoms with Crippen LogP contribution in [0.2, 0.25) is 0 Å². The van der Waals surface area contributed by atoms with E-state index in [2.05, 4.69) is 98.8 Å². The Morgan fingerprint density at radius 1 is 0.514 bits per heavy atom. The Kier molecular flexibility index (Phi) is 16.1. The highest BCUT2D eigenvalue weighted by atomic mass is 28.4. The Labute approximate surface area is 216 Å². The molecule has 0 N–H and O–H groups in total. The second-order valence-electron chi connectivity index (χ2n) is 9.26. The van der Waals surface area contributed by atoms with E-state index in [1.165, 1.54) is 61.7 Å². The summed E-state index contributed by atoms with van der Waals surface area (Å²) in [6.07, 6.45) is 23.6. The molecule has 0 aromatic heterocycles. The van der Waals surface area contributed by atoms with E-state index in [9.17, 15) is 0 Å². The number of benzene rings is 2. The van der Waals surface area contributed by atoms with Crippen molar-refractivity contribution in [2.75, 3.05) is 13.2 Å². The first kappa shape index (κ1) is 29.3. The standard InChI is InChI=1S/C32H48O2Si/c1-3-5-7-9-11-13-15-23-29-33-35(31-25-19-17-20-26-31,32-27-21-18-22-28-32)34-30-24-16-14-12-10-8-6-4-2/h11-14,17-22,25-28H,3-10,15-16,23-24,29-30H2,1-2H3/b13-11+,14-12+. The van der Waals surface area contributed by atoms with Gasteiger partial charge in [0.15, 0.2) is 0 Å². The molecular weight excluding hydrogens is 444 g/mol. The maximum absolute atomic E-state index is 6.78. The SMILES string of the molecule is CCCCC/C=C/CCCO[Si](OCCC/C=C/CCCCC)(c1ccccc1)c1ccccc1. The second kappa shape index (κ2) is 19.3. The van der Waals surface area contributed by atoms with Gasteiger partial charge in [0, 0.05) is 13.2 Å². The number of hydrogen-bond donors (Lipinski definition) is 0. The van der Waals surface area contributed by atoms with Gasteiger partial charge in [-0.25, -0.2) is 0 Å². The molecule has 0 spiro atoms. The minimum Gasteiger partial charge on any atom is -0.388 e. The third kappa shape index (κ3) is 11.6. The van der Waals surface area contributed by atoms with Gasteiger partial charge in [0.05, 0.1) is 0 Å². The fourth-order valence-electron chi connectivity index (χ4n) is 4.19. The van der Waals surface area contributed by atoms with Gasteiger partial charge < -0.3 is 8.85 Å². The summed E-state index contributed by atoms with van der Waals surface area (Å²) in [5.41, 5.74) is 0. The summed E-state index contributed by atoms with van der Waals surface area (Å²) in [4.78, 5) is 0. The molecule has 0 bridgehead atoms. The molecule has 0 atom stereocenters. The van der Waals surface area contributed by atoms with Crippen molar-refractivity contribution in [2.24, 2.45) is 0 Å². The van der Waals surface area contributed by atoms with Crippen LogP contribution in [-0.4, -0.2) is 21.8 Å². The third-order valence-electron chi connectivity index (χ3n) is 6.23. The molecule has 35 heavy (non-hydrogen) atoms. The predicted molar refractivity (Wildman–Crippen MR) is 155 cm³/mol. The van der Waals surface area contributed by atoms with Gasteiger partial charge in [-0.2, -0.15) is 0 Å². The molecule has 2 aromatic carbocycles. The highest BCUT2D eigenvalue weighted by Gasteiger charge is 2.42. The van der Waals surface area contributed by atoms with Gasteiger partial charge in [-0.05, 0) is 61.7 Å². The molecule has 0 saturated heterocycles. The van der Waals surface area contributed by atoms with Crippen LogP contribution < -0.4 is 10.4 Å². The van der Waals surface area contributed by atoms with Gasteiger partial charge in [0.25, 0.3) is 0 Å². The lowest BCUT2D eigenvalue weighted by molar-refractivity contribution is 0.188. The van der Waals surface area contributed by atoms with Crippen molar-refractivity contribution >= 4 is 18.9 Å². The van der Waals surface area contributed by atoms with Crippen molar-refractivity contribution in [1.82, 2.24) is 0 Å². The minimum atomic E-state index is -2.77. The molecule has 0 aliphatic carbocycles. The molecule has 0 fully saturated rings. The molecule has 0 amide bonds. The zero-order valence-corrected chi connectivity index (χ0v) is 23.3. The van der Waals surface area contributed by atoms with Gasteiger partial charge in [0.1, 0.15) is 0 Å². The number of hydrogen-bond acceptors (Lipinski definition) is 2. The Morgan fingerprint density at radius 2 is 0.886 bits per heavy atom. The highest BCUT2D eigenvalue weighted by Crippen LogP contribution is 2.13. The van der Waals surface area contributed by atoms with Crippen LogP contribution in [0.25, 0.3) is 0 Å². The van der Waals surface area contributed by atoms with Crippen molar-refractivity contribution < 1.29 is 8.85 Å². The fourth-order valence-corrected chi connectivity index (χ4v) is 7.40. The largest absolute Gasteiger partial charge is 0.407 e. The van der Waals surface area contributed by atoms with Gasteiger partial charge in [-0.3, -0.25) is 0 Å². The molecule has 0 aliphatic rings. The summed E-state index contributed by atoms with van der Waals surface area (Å²) in [5, 5.41) is 2.38. The van der Waals surface area contributed by atoms with Crippen LogP contribution in [0, 0.1) is 0 Å². The topological polar surface area (TPSA) is 18.5 Å². The van der Waals surface area contributed by atoms with Crippen LogP contribution in [-0.2, 0) is 8.85 Å². The lowest BCUT2D eigenvalue weighted by atomic mass is 10.2. The molecule has 2 aromatic rings. The van der Waals surface area contributed by atoms with Crippen LogP contribution in [0.4, 0.5) is 0 Å². The Balaban J connectivity index is 2.00. The summed E-state index contributed by atoms with van der Waals surface area (Å²) < 4.78 is 13.6. The van der Waals surface area contributed by atoms with E-state index in [1.54, 1.807) is 0 Å². The molecule has 0 unspecified atom stereocenters. The molecule has 0 radical (unpaired) electrons. The summed E-state index contributed by atoms with van der Waals surface area (Å²) in [6.45, 7) is 5.94. The quantitative estimate of drug-likeness (QED) is 0.106. The van der Waals surface area contributed by atoms with Crippen LogP contribution in [0.15, 0.2) is 85.0 Å².